The molecule has 1 saturated heterocycles. The maximum Gasteiger partial charge on any atom is 0.312 e. The van der Waals surface area contributed by atoms with E-state index in [0.717, 1.165) is 11.4 Å². The Morgan fingerprint density at radius 2 is 1.83 bits per heavy atom. The minimum Gasteiger partial charge on any atom is -0.476 e. The van der Waals surface area contributed by atoms with Gasteiger partial charge in [-0.2, -0.15) is 10.1 Å². The molecule has 0 unspecified atom stereocenters. The third-order valence-electron chi connectivity index (χ3n) is 6.42. The van der Waals surface area contributed by atoms with E-state index in [-0.39, 0.29) is 51.3 Å². The van der Waals surface area contributed by atoms with Gasteiger partial charge >= 0.3 is 5.69 Å². The molecule has 3 amide bonds. The molecular weight excluding hydrogens is 520 g/mol. The summed E-state index contributed by atoms with van der Waals surface area (Å²) < 4.78 is 5.66. The second kappa shape index (κ2) is 9.06. The summed E-state index contributed by atoms with van der Waals surface area (Å²) >= 11 is 3.25. The lowest BCUT2D eigenvalue weighted by atomic mass is 9.85. The Morgan fingerprint density at radius 3 is 2.46 bits per heavy atom. The Morgan fingerprint density at radius 1 is 1.17 bits per heavy atom. The van der Waals surface area contributed by atoms with E-state index in [1.54, 1.807) is 30.3 Å². The standard InChI is InChI=1S/C24H19BrN4O6/c25-17-8-13(11-26-28-23(31)20-14-6-7-15(10-14)21(20)24(28)32)9-18(29(33)34)22(17)35-12-19(30)27-16-4-2-1-3-5-16/h1-9,11,14-15,20-21H,10,12H2,(H,27,30)/t14-,15-,20-,21+/m0/s1. The van der Waals surface area contributed by atoms with Crippen LogP contribution in [0.5, 0.6) is 5.75 Å². The van der Waals surface area contributed by atoms with Crippen molar-refractivity contribution in [3.05, 3.63) is 74.8 Å². The first-order valence-corrected chi connectivity index (χ1v) is 11.7. The highest BCUT2D eigenvalue weighted by atomic mass is 79.9. The molecule has 35 heavy (non-hydrogen) atoms. The van der Waals surface area contributed by atoms with Gasteiger partial charge in [0.15, 0.2) is 6.61 Å². The zero-order valence-corrected chi connectivity index (χ0v) is 19.8. The number of allylic oxidation sites excluding steroid dienone is 2. The molecule has 4 atom stereocenters. The smallest absolute Gasteiger partial charge is 0.312 e. The molecule has 2 fully saturated rings. The van der Waals surface area contributed by atoms with Crippen molar-refractivity contribution in [2.75, 3.05) is 11.9 Å². The molecular formula is C24H19BrN4O6. The lowest BCUT2D eigenvalue weighted by Crippen LogP contribution is -2.28. The Balaban J connectivity index is 1.31. The fraction of sp³-hybridized carbons (Fsp3) is 0.250. The van der Waals surface area contributed by atoms with Crippen LogP contribution in [0.2, 0.25) is 0 Å². The third kappa shape index (κ3) is 4.23. The average Bonchev–Trinajstić information content (AvgIpc) is 3.51. The number of ether oxygens (including phenoxy) is 1. The van der Waals surface area contributed by atoms with E-state index in [1.807, 2.05) is 12.2 Å². The van der Waals surface area contributed by atoms with Crippen LogP contribution < -0.4 is 10.1 Å². The summed E-state index contributed by atoms with van der Waals surface area (Å²) in [6.45, 7) is -0.447. The van der Waals surface area contributed by atoms with Gasteiger partial charge in [-0.3, -0.25) is 24.5 Å². The SMILES string of the molecule is O=C(COc1c(Br)cc(C=NN2C(=O)[C@@H]3[C@H](C2=O)[C@H]2C=C[C@H]3C2)cc1[N+](=O)[O-])Nc1ccccc1. The highest BCUT2D eigenvalue weighted by Crippen LogP contribution is 2.52. The molecule has 2 aromatic carbocycles. The molecule has 10 nitrogen and oxygen atoms in total. The number of hydrazone groups is 1. The van der Waals surface area contributed by atoms with E-state index in [2.05, 4.69) is 26.3 Å². The monoisotopic (exact) mass is 538 g/mol. The quantitative estimate of drug-likeness (QED) is 0.188. The number of para-hydroxylation sites is 1. The van der Waals surface area contributed by atoms with Crippen molar-refractivity contribution in [1.82, 2.24) is 5.01 Å². The Labute approximate surface area is 207 Å². The highest BCUT2D eigenvalue weighted by molar-refractivity contribution is 9.10. The zero-order chi connectivity index (χ0) is 24.7. The van der Waals surface area contributed by atoms with Gasteiger partial charge in [0.05, 0.1) is 27.4 Å². The van der Waals surface area contributed by atoms with Crippen molar-refractivity contribution < 1.29 is 24.0 Å². The predicted octanol–water partition coefficient (Wildman–Crippen LogP) is 3.52. The molecule has 0 radical (unpaired) electrons. The molecule has 2 aromatic rings. The molecule has 11 heteroatoms. The molecule has 1 heterocycles. The zero-order valence-electron chi connectivity index (χ0n) is 18.2. The van der Waals surface area contributed by atoms with Gasteiger partial charge in [0, 0.05) is 17.3 Å². The molecule has 0 aromatic heterocycles. The lowest BCUT2D eigenvalue weighted by molar-refractivity contribution is -0.385. The van der Waals surface area contributed by atoms with Crippen molar-refractivity contribution in [2.45, 2.75) is 6.42 Å². The summed E-state index contributed by atoms with van der Waals surface area (Å²) in [4.78, 5) is 48.7. The number of nitrogens with zero attached hydrogens (tertiary/aromatic N) is 3. The van der Waals surface area contributed by atoms with Gasteiger partial charge < -0.3 is 10.1 Å². The highest BCUT2D eigenvalue weighted by Gasteiger charge is 2.59. The Hall–Kier alpha value is -3.86. The van der Waals surface area contributed by atoms with Crippen molar-refractivity contribution in [1.29, 1.82) is 0 Å². The van der Waals surface area contributed by atoms with Gasteiger partial charge in [0.25, 0.3) is 17.7 Å². The molecule has 0 spiro atoms. The number of nitro benzene ring substituents is 1. The first-order chi connectivity index (χ1) is 16.8. The summed E-state index contributed by atoms with van der Waals surface area (Å²) in [7, 11) is 0. The Kier molecular flexibility index (Phi) is 5.93. The summed E-state index contributed by atoms with van der Waals surface area (Å²) in [5.41, 5.74) is 0.454. The number of imide groups is 1. The van der Waals surface area contributed by atoms with E-state index >= 15 is 0 Å². The number of anilines is 1. The van der Waals surface area contributed by atoms with Crippen molar-refractivity contribution >= 4 is 51.2 Å². The van der Waals surface area contributed by atoms with E-state index in [9.17, 15) is 24.5 Å². The van der Waals surface area contributed by atoms with Crippen LogP contribution in [0.3, 0.4) is 0 Å². The average molecular weight is 539 g/mol. The molecule has 2 bridgehead atoms. The number of carbonyl (C=O) groups excluding carboxylic acids is 3. The van der Waals surface area contributed by atoms with Crippen molar-refractivity contribution in [3.63, 3.8) is 0 Å². The van der Waals surface area contributed by atoms with Crippen LogP contribution >= 0.6 is 15.9 Å². The van der Waals surface area contributed by atoms with Crippen LogP contribution in [0.1, 0.15) is 12.0 Å². The van der Waals surface area contributed by atoms with E-state index < -0.39 is 23.1 Å². The number of hydrogen-bond donors (Lipinski definition) is 1. The molecule has 3 aliphatic rings. The minimum atomic E-state index is -0.646. The fourth-order valence-electron chi connectivity index (χ4n) is 4.93. The number of nitro groups is 1. The number of amides is 3. The predicted molar refractivity (Wildman–Crippen MR) is 129 cm³/mol. The lowest BCUT2D eigenvalue weighted by Gasteiger charge is -2.13. The number of nitrogens with one attached hydrogen (secondary N) is 1. The van der Waals surface area contributed by atoms with Crippen LogP contribution in [-0.2, 0) is 14.4 Å². The van der Waals surface area contributed by atoms with Crippen LogP contribution in [0.15, 0.2) is 64.2 Å². The first-order valence-electron chi connectivity index (χ1n) is 10.9. The molecule has 2 aliphatic carbocycles. The number of carbonyl (C=O) groups is 3. The molecule has 1 N–H and O–H groups in total. The second-order valence-corrected chi connectivity index (χ2v) is 9.40. The number of hydrogen-bond acceptors (Lipinski definition) is 7. The Bertz CT molecular complexity index is 1260. The van der Waals surface area contributed by atoms with E-state index in [4.69, 9.17) is 4.74 Å². The van der Waals surface area contributed by atoms with Gasteiger partial charge in [-0.1, -0.05) is 30.4 Å². The van der Waals surface area contributed by atoms with Crippen LogP contribution in [0.4, 0.5) is 11.4 Å². The van der Waals surface area contributed by atoms with Gasteiger partial charge in [-0.15, -0.1) is 0 Å². The normalized spacial score (nSPS) is 24.3. The topological polar surface area (TPSA) is 131 Å². The summed E-state index contributed by atoms with van der Waals surface area (Å²) in [5.74, 6) is -1.93. The molecule has 178 valence electrons. The van der Waals surface area contributed by atoms with E-state index in [1.165, 1.54) is 18.3 Å². The number of benzene rings is 2. The minimum absolute atomic E-state index is 0.0624. The first kappa shape index (κ1) is 22.9. The second-order valence-electron chi connectivity index (χ2n) is 8.54. The molecule has 5 rings (SSSR count). The summed E-state index contributed by atoms with van der Waals surface area (Å²) in [5, 5.41) is 19.2. The van der Waals surface area contributed by atoms with Crippen LogP contribution in [0.25, 0.3) is 0 Å². The largest absolute Gasteiger partial charge is 0.476 e. The molecule has 1 saturated carbocycles. The van der Waals surface area contributed by atoms with Gasteiger partial charge in [0.1, 0.15) is 0 Å². The number of halogens is 1. The van der Waals surface area contributed by atoms with Crippen molar-refractivity contribution in [2.24, 2.45) is 28.8 Å². The maximum atomic E-state index is 12.8. The van der Waals surface area contributed by atoms with Crippen LogP contribution in [0, 0.1) is 33.8 Å². The molecule has 1 aliphatic heterocycles. The summed E-state index contributed by atoms with van der Waals surface area (Å²) in [6, 6.07) is 11.4. The van der Waals surface area contributed by atoms with Gasteiger partial charge in [-0.05, 0) is 52.4 Å². The van der Waals surface area contributed by atoms with Gasteiger partial charge in [-0.25, -0.2) is 0 Å². The van der Waals surface area contributed by atoms with Gasteiger partial charge in [0.2, 0.25) is 5.75 Å². The number of fused-ring (bicyclic) bond motifs is 5. The number of rotatable bonds is 7. The summed E-state index contributed by atoms with van der Waals surface area (Å²) in [6.07, 6.45) is 6.03. The maximum absolute atomic E-state index is 12.8. The van der Waals surface area contributed by atoms with E-state index in [0.29, 0.717) is 5.69 Å². The van der Waals surface area contributed by atoms with Crippen molar-refractivity contribution in [3.8, 4) is 5.75 Å². The third-order valence-corrected chi connectivity index (χ3v) is 7.01. The fourth-order valence-corrected chi connectivity index (χ4v) is 5.52. The van der Waals surface area contributed by atoms with Crippen LogP contribution in [-0.4, -0.2) is 40.5 Å².